The first-order chi connectivity index (χ1) is 9.01. The highest BCUT2D eigenvalue weighted by atomic mass is 16.1. The molecule has 4 heteroatoms. The molecule has 19 heavy (non-hydrogen) atoms. The molecule has 0 spiro atoms. The van der Waals surface area contributed by atoms with Crippen LogP contribution in [0.15, 0.2) is 29.1 Å². The Hall–Kier alpha value is -2.10. The van der Waals surface area contributed by atoms with E-state index >= 15 is 0 Å². The van der Waals surface area contributed by atoms with Crippen LogP contribution >= 0.6 is 0 Å². The molecule has 2 aromatic rings. The average Bonchev–Trinajstić information content (AvgIpc) is 2.37. The topological polar surface area (TPSA) is 62.0 Å². The first kappa shape index (κ1) is 13.3. The maximum absolute atomic E-state index is 11.7. The standard InChI is InChI=1S/C15H18N2O2/c1-4-14(18)16-10-5-6-11-12(9(2)3)8-15(19)17-13(11)7-10/h5-9H,4H2,1-3H3,(H,16,18)(H,17,19). The Balaban J connectivity index is 2.54. The average molecular weight is 258 g/mol. The highest BCUT2D eigenvalue weighted by Gasteiger charge is 2.08. The maximum atomic E-state index is 11.7. The van der Waals surface area contributed by atoms with Crippen LogP contribution in [0.2, 0.25) is 0 Å². The predicted molar refractivity (Wildman–Crippen MR) is 77.6 cm³/mol. The van der Waals surface area contributed by atoms with Crippen LogP contribution in [0.25, 0.3) is 10.9 Å². The molecule has 0 saturated heterocycles. The van der Waals surface area contributed by atoms with Gasteiger partial charge in [-0.05, 0) is 23.6 Å². The van der Waals surface area contributed by atoms with Gasteiger partial charge in [0.1, 0.15) is 0 Å². The summed E-state index contributed by atoms with van der Waals surface area (Å²) >= 11 is 0. The van der Waals surface area contributed by atoms with E-state index in [1.54, 1.807) is 19.1 Å². The van der Waals surface area contributed by atoms with Crippen molar-refractivity contribution in [1.29, 1.82) is 0 Å². The third-order valence-electron chi connectivity index (χ3n) is 3.10. The minimum atomic E-state index is -0.116. The van der Waals surface area contributed by atoms with Gasteiger partial charge in [0.05, 0.1) is 5.52 Å². The monoisotopic (exact) mass is 258 g/mol. The molecular weight excluding hydrogens is 240 g/mol. The van der Waals surface area contributed by atoms with Gasteiger partial charge < -0.3 is 10.3 Å². The number of pyridine rings is 1. The Labute approximate surface area is 111 Å². The zero-order chi connectivity index (χ0) is 14.0. The fourth-order valence-corrected chi connectivity index (χ4v) is 2.09. The molecule has 0 unspecified atom stereocenters. The Kier molecular flexibility index (Phi) is 3.69. The minimum absolute atomic E-state index is 0.0401. The number of fused-ring (bicyclic) bond motifs is 1. The van der Waals surface area contributed by atoms with Gasteiger partial charge in [-0.2, -0.15) is 0 Å². The lowest BCUT2D eigenvalue weighted by Crippen LogP contribution is -2.11. The van der Waals surface area contributed by atoms with Crippen molar-refractivity contribution in [2.75, 3.05) is 5.32 Å². The summed E-state index contributed by atoms with van der Waals surface area (Å²) in [5.41, 5.74) is 2.36. The fraction of sp³-hybridized carbons (Fsp3) is 0.333. The largest absolute Gasteiger partial charge is 0.326 e. The molecule has 0 radical (unpaired) electrons. The molecule has 1 aromatic heterocycles. The van der Waals surface area contributed by atoms with Gasteiger partial charge in [-0.1, -0.05) is 26.8 Å². The summed E-state index contributed by atoms with van der Waals surface area (Å²) < 4.78 is 0. The van der Waals surface area contributed by atoms with E-state index in [1.165, 1.54) is 0 Å². The minimum Gasteiger partial charge on any atom is -0.326 e. The van der Waals surface area contributed by atoms with E-state index in [0.717, 1.165) is 16.5 Å². The van der Waals surface area contributed by atoms with E-state index in [1.807, 2.05) is 12.1 Å². The number of rotatable bonds is 3. The van der Waals surface area contributed by atoms with Crippen LogP contribution in [0.1, 0.15) is 38.7 Å². The van der Waals surface area contributed by atoms with Crippen molar-refractivity contribution in [3.63, 3.8) is 0 Å². The number of amides is 1. The number of nitrogens with one attached hydrogen (secondary N) is 2. The van der Waals surface area contributed by atoms with Gasteiger partial charge >= 0.3 is 0 Å². The summed E-state index contributed by atoms with van der Waals surface area (Å²) in [6, 6.07) is 7.24. The smallest absolute Gasteiger partial charge is 0.248 e. The highest BCUT2D eigenvalue weighted by Crippen LogP contribution is 2.24. The van der Waals surface area contributed by atoms with E-state index in [0.29, 0.717) is 12.1 Å². The number of carbonyl (C=O) groups excluding carboxylic acids is 1. The number of hydrogen-bond acceptors (Lipinski definition) is 2. The number of anilines is 1. The van der Waals surface area contributed by atoms with E-state index in [9.17, 15) is 9.59 Å². The van der Waals surface area contributed by atoms with Crippen molar-refractivity contribution in [1.82, 2.24) is 4.98 Å². The normalized spacial score (nSPS) is 10.9. The SMILES string of the molecule is CCC(=O)Nc1ccc2c(C(C)C)cc(=O)[nH]c2c1. The van der Waals surface area contributed by atoms with E-state index in [2.05, 4.69) is 24.1 Å². The van der Waals surface area contributed by atoms with Crippen LogP contribution in [0.3, 0.4) is 0 Å². The van der Waals surface area contributed by atoms with Gasteiger partial charge in [0.15, 0.2) is 0 Å². The molecule has 2 rings (SSSR count). The number of aromatic nitrogens is 1. The second-order valence-corrected chi connectivity index (χ2v) is 4.91. The van der Waals surface area contributed by atoms with Crippen molar-refractivity contribution in [2.24, 2.45) is 0 Å². The highest BCUT2D eigenvalue weighted by molar-refractivity contribution is 5.94. The molecule has 0 bridgehead atoms. The summed E-state index contributed by atoms with van der Waals surface area (Å²) in [4.78, 5) is 25.8. The summed E-state index contributed by atoms with van der Waals surface area (Å²) in [5, 5.41) is 3.81. The zero-order valence-electron chi connectivity index (χ0n) is 11.4. The Bertz CT molecular complexity index is 671. The van der Waals surface area contributed by atoms with E-state index < -0.39 is 0 Å². The predicted octanol–water partition coefficient (Wildman–Crippen LogP) is 3.00. The van der Waals surface area contributed by atoms with Gasteiger partial charge in [0, 0.05) is 23.6 Å². The lowest BCUT2D eigenvalue weighted by molar-refractivity contribution is -0.115. The lowest BCUT2D eigenvalue weighted by Gasteiger charge is -2.11. The summed E-state index contributed by atoms with van der Waals surface area (Å²) in [7, 11) is 0. The van der Waals surface area contributed by atoms with Crippen LogP contribution in [-0.2, 0) is 4.79 Å². The number of aromatic amines is 1. The third-order valence-corrected chi connectivity index (χ3v) is 3.10. The molecule has 2 N–H and O–H groups in total. The summed E-state index contributed by atoms with van der Waals surface area (Å²) in [6.45, 7) is 5.91. The zero-order valence-corrected chi connectivity index (χ0v) is 11.4. The van der Waals surface area contributed by atoms with E-state index in [4.69, 9.17) is 0 Å². The molecule has 0 aliphatic rings. The molecule has 1 aromatic carbocycles. The molecule has 0 saturated carbocycles. The molecule has 1 amide bonds. The molecule has 100 valence electrons. The Morgan fingerprint density at radius 3 is 2.68 bits per heavy atom. The molecular formula is C15H18N2O2. The molecule has 0 aliphatic heterocycles. The molecule has 0 fully saturated rings. The summed E-state index contributed by atoms with van der Waals surface area (Å²) in [6.07, 6.45) is 0.431. The lowest BCUT2D eigenvalue weighted by atomic mass is 9.99. The molecule has 4 nitrogen and oxygen atoms in total. The first-order valence-electron chi connectivity index (χ1n) is 6.48. The Morgan fingerprint density at radius 1 is 1.32 bits per heavy atom. The second kappa shape index (κ2) is 5.26. The van der Waals surface area contributed by atoms with Crippen molar-refractivity contribution in [3.8, 4) is 0 Å². The Morgan fingerprint density at radius 2 is 2.05 bits per heavy atom. The number of benzene rings is 1. The van der Waals surface area contributed by atoms with Crippen molar-refractivity contribution >= 4 is 22.5 Å². The first-order valence-corrected chi connectivity index (χ1v) is 6.48. The van der Waals surface area contributed by atoms with Crippen LogP contribution in [0, 0.1) is 0 Å². The second-order valence-electron chi connectivity index (χ2n) is 4.91. The van der Waals surface area contributed by atoms with Crippen LogP contribution in [-0.4, -0.2) is 10.9 Å². The van der Waals surface area contributed by atoms with Gasteiger partial charge in [0.25, 0.3) is 0 Å². The quantitative estimate of drug-likeness (QED) is 0.889. The van der Waals surface area contributed by atoms with Crippen LogP contribution < -0.4 is 10.9 Å². The molecule has 1 heterocycles. The number of hydrogen-bond donors (Lipinski definition) is 2. The summed E-state index contributed by atoms with van der Waals surface area (Å²) in [5.74, 6) is 0.239. The van der Waals surface area contributed by atoms with Crippen LogP contribution in [0.5, 0.6) is 0 Å². The number of carbonyl (C=O) groups is 1. The van der Waals surface area contributed by atoms with Gasteiger partial charge in [-0.25, -0.2) is 0 Å². The van der Waals surface area contributed by atoms with Crippen molar-refractivity contribution in [2.45, 2.75) is 33.1 Å². The van der Waals surface area contributed by atoms with Gasteiger partial charge in [0.2, 0.25) is 11.5 Å². The van der Waals surface area contributed by atoms with Gasteiger partial charge in [-0.3, -0.25) is 9.59 Å². The van der Waals surface area contributed by atoms with Crippen molar-refractivity contribution in [3.05, 3.63) is 40.2 Å². The number of H-pyrrole nitrogens is 1. The van der Waals surface area contributed by atoms with Crippen molar-refractivity contribution < 1.29 is 4.79 Å². The fourth-order valence-electron chi connectivity index (χ4n) is 2.09. The third kappa shape index (κ3) is 2.84. The maximum Gasteiger partial charge on any atom is 0.248 e. The molecule has 0 aliphatic carbocycles. The van der Waals surface area contributed by atoms with E-state index in [-0.39, 0.29) is 17.4 Å². The van der Waals surface area contributed by atoms with Gasteiger partial charge in [-0.15, -0.1) is 0 Å². The molecule has 0 atom stereocenters. The van der Waals surface area contributed by atoms with Crippen LogP contribution in [0.4, 0.5) is 5.69 Å².